The molecule has 20 heavy (non-hydrogen) atoms. The van der Waals surface area contributed by atoms with E-state index in [2.05, 4.69) is 88.0 Å². The lowest BCUT2D eigenvalue weighted by Gasteiger charge is -2.60. The number of carbonyl (C=O) groups excluding carboxylic acids is 2. The van der Waals surface area contributed by atoms with Crippen LogP contribution in [0, 0.1) is 23.7 Å². The summed E-state index contributed by atoms with van der Waals surface area (Å²) in [4.78, 5) is 25.3. The summed E-state index contributed by atoms with van der Waals surface area (Å²) in [7, 11) is 0. The van der Waals surface area contributed by atoms with Crippen LogP contribution in [0.2, 0.25) is 0 Å². The molecule has 6 aliphatic rings. The van der Waals surface area contributed by atoms with Gasteiger partial charge in [0.2, 0.25) is 11.6 Å². The average Bonchev–Trinajstić information content (AvgIpc) is 2.48. The van der Waals surface area contributed by atoms with Gasteiger partial charge in [-0.05, 0) is 0 Å². The number of allylic oxidation sites excluding steroid dienone is 6. The summed E-state index contributed by atoms with van der Waals surface area (Å²) in [6.45, 7) is 0. The lowest BCUT2D eigenvalue weighted by Crippen LogP contribution is -2.70. The van der Waals surface area contributed by atoms with Crippen molar-refractivity contribution in [2.45, 2.75) is 8.65 Å². The number of hydrogen-bond acceptors (Lipinski definition) is 2. The predicted octanol–water partition coefficient (Wildman–Crippen LogP) is 4.03. The van der Waals surface area contributed by atoms with E-state index in [0.717, 1.165) is 8.96 Å². The lowest BCUT2D eigenvalue weighted by atomic mass is 9.50. The fraction of sp³-hybridized carbons (Fsp3) is 0.429. The summed E-state index contributed by atoms with van der Waals surface area (Å²) in [5, 5.41) is 0. The summed E-state index contributed by atoms with van der Waals surface area (Å²) in [6.07, 6.45) is 8.60. The molecule has 4 atom stereocenters. The molecule has 4 unspecified atom stereocenters. The quantitative estimate of drug-likeness (QED) is 0.271. The van der Waals surface area contributed by atoms with Gasteiger partial charge in [-0.2, -0.15) is 0 Å². The van der Waals surface area contributed by atoms with Gasteiger partial charge in [-0.15, -0.1) is 0 Å². The van der Waals surface area contributed by atoms with Gasteiger partial charge in [0.1, 0.15) is 8.65 Å². The van der Waals surface area contributed by atoms with Crippen molar-refractivity contribution < 1.29 is 9.59 Å². The summed E-state index contributed by atoms with van der Waals surface area (Å²) in [5.74, 6) is -0.288. The van der Waals surface area contributed by atoms with E-state index < -0.39 is 8.65 Å². The van der Waals surface area contributed by atoms with Gasteiger partial charge in [0.15, 0.2) is 0 Å². The second kappa shape index (κ2) is 4.06. The van der Waals surface area contributed by atoms with Crippen LogP contribution in [0.1, 0.15) is 0 Å². The van der Waals surface area contributed by atoms with E-state index in [1.165, 1.54) is 0 Å². The lowest BCUT2D eigenvalue weighted by molar-refractivity contribution is -0.145. The minimum absolute atomic E-state index is 0.0442. The predicted molar refractivity (Wildman–Crippen MR) is 90.5 cm³/mol. The molecule has 0 amide bonds. The van der Waals surface area contributed by atoms with Crippen molar-refractivity contribution in [2.75, 3.05) is 0 Å². The molecule has 2 nitrogen and oxygen atoms in total. The molecule has 104 valence electrons. The van der Waals surface area contributed by atoms with Crippen LogP contribution in [0.15, 0.2) is 33.3 Å². The topological polar surface area (TPSA) is 34.1 Å². The summed E-state index contributed by atoms with van der Waals surface area (Å²) in [5.41, 5.74) is 0. The van der Waals surface area contributed by atoms with Crippen LogP contribution < -0.4 is 0 Å². The Bertz CT molecular complexity index is 596. The molecular formula is C14H8Br4O2. The van der Waals surface area contributed by atoms with Crippen LogP contribution in [0.3, 0.4) is 0 Å². The zero-order chi connectivity index (χ0) is 14.4. The number of rotatable bonds is 0. The highest BCUT2D eigenvalue weighted by atomic mass is 79.9. The van der Waals surface area contributed by atoms with Crippen molar-refractivity contribution in [2.24, 2.45) is 23.7 Å². The van der Waals surface area contributed by atoms with Gasteiger partial charge < -0.3 is 0 Å². The Balaban J connectivity index is 2.08. The number of alkyl halides is 2. The summed E-state index contributed by atoms with van der Waals surface area (Å²) < 4.78 is -0.410. The Morgan fingerprint density at radius 3 is 1.35 bits per heavy atom. The smallest absolute Gasteiger partial charge is 0.222 e. The highest BCUT2D eigenvalue weighted by Gasteiger charge is 2.73. The third-order valence-electron chi connectivity index (χ3n) is 4.94. The number of ketones is 2. The molecule has 4 bridgehead atoms. The largest absolute Gasteiger partial charge is 0.289 e. The number of Topliss-reactive ketones (excluding diaryl/α,β-unsaturated/α-hetero) is 2. The number of halogens is 4. The van der Waals surface area contributed by atoms with Crippen LogP contribution in [0.5, 0.6) is 0 Å². The van der Waals surface area contributed by atoms with Crippen molar-refractivity contribution in [3.8, 4) is 0 Å². The number of hydrogen-bond donors (Lipinski definition) is 0. The van der Waals surface area contributed by atoms with Crippen molar-refractivity contribution in [1.82, 2.24) is 0 Å². The van der Waals surface area contributed by atoms with E-state index in [1.807, 2.05) is 0 Å². The maximum Gasteiger partial charge on any atom is 0.222 e. The van der Waals surface area contributed by atoms with Crippen LogP contribution >= 0.6 is 63.7 Å². The average molecular weight is 528 g/mol. The van der Waals surface area contributed by atoms with E-state index in [9.17, 15) is 9.59 Å². The number of fused-ring (bicyclic) bond motifs is 1. The fourth-order valence-corrected chi connectivity index (χ4v) is 8.05. The Morgan fingerprint density at radius 2 is 1.05 bits per heavy atom. The first kappa shape index (κ1) is 14.1. The SMILES string of the molecule is O=C1C(=O)C2(Br)C(Br)=C(Br)C1(Br)C1C3C=CC(C=C3)C12. The summed E-state index contributed by atoms with van der Waals surface area (Å²) in [6, 6.07) is 0. The van der Waals surface area contributed by atoms with Crippen LogP contribution in [0.25, 0.3) is 0 Å². The highest BCUT2D eigenvalue weighted by Crippen LogP contribution is 2.68. The normalized spacial score (nSPS) is 52.0. The van der Waals surface area contributed by atoms with Crippen molar-refractivity contribution in [3.05, 3.63) is 33.3 Å². The first-order valence-electron chi connectivity index (χ1n) is 6.24. The highest BCUT2D eigenvalue weighted by molar-refractivity contribution is 9.16. The molecule has 6 heteroatoms. The van der Waals surface area contributed by atoms with Gasteiger partial charge in [0, 0.05) is 32.6 Å². The molecular weight excluding hydrogens is 520 g/mol. The van der Waals surface area contributed by atoms with Gasteiger partial charge in [0.05, 0.1) is 0 Å². The molecule has 0 radical (unpaired) electrons. The van der Waals surface area contributed by atoms with Gasteiger partial charge in [0.25, 0.3) is 0 Å². The van der Waals surface area contributed by atoms with Crippen molar-refractivity contribution in [1.29, 1.82) is 0 Å². The van der Waals surface area contributed by atoms with Gasteiger partial charge in [-0.25, -0.2) is 0 Å². The fourth-order valence-electron chi connectivity index (χ4n) is 4.07. The molecule has 0 aromatic rings. The molecule has 6 aliphatic carbocycles. The maximum atomic E-state index is 12.6. The minimum Gasteiger partial charge on any atom is -0.289 e. The first-order valence-corrected chi connectivity index (χ1v) is 9.41. The van der Waals surface area contributed by atoms with E-state index in [-0.39, 0.29) is 35.2 Å². The molecule has 6 rings (SSSR count). The van der Waals surface area contributed by atoms with E-state index >= 15 is 0 Å². The second-order valence-corrected chi connectivity index (χ2v) is 9.77. The van der Waals surface area contributed by atoms with Gasteiger partial charge in [-0.1, -0.05) is 88.0 Å². The molecule has 0 aromatic carbocycles. The van der Waals surface area contributed by atoms with Crippen molar-refractivity contribution >= 4 is 75.3 Å². The van der Waals surface area contributed by atoms with Gasteiger partial charge in [-0.3, -0.25) is 9.59 Å². The van der Waals surface area contributed by atoms with E-state index in [1.54, 1.807) is 0 Å². The molecule has 1 fully saturated rings. The molecule has 0 saturated heterocycles. The van der Waals surface area contributed by atoms with Crippen molar-refractivity contribution in [3.63, 3.8) is 0 Å². The second-order valence-electron chi connectivity index (χ2n) is 5.69. The van der Waals surface area contributed by atoms with Crippen LogP contribution in [-0.2, 0) is 9.59 Å². The standard InChI is InChI=1S/C14H8Br4O2/c15-9-10(16)14(18)8-6-2-1-5(3-4-6)7(8)13(9,17)11(19)12(14)20/h1-8H. The van der Waals surface area contributed by atoms with E-state index in [0.29, 0.717) is 0 Å². The van der Waals surface area contributed by atoms with Crippen LogP contribution in [0.4, 0.5) is 0 Å². The minimum atomic E-state index is -0.943. The number of carbonyl (C=O) groups is 2. The zero-order valence-electron chi connectivity index (χ0n) is 9.95. The Morgan fingerprint density at radius 1 is 0.750 bits per heavy atom. The third kappa shape index (κ3) is 1.28. The molecule has 1 saturated carbocycles. The summed E-state index contributed by atoms with van der Waals surface area (Å²) >= 11 is 14.3. The van der Waals surface area contributed by atoms with Gasteiger partial charge >= 0.3 is 0 Å². The Kier molecular flexibility index (Phi) is 2.86. The third-order valence-corrected chi connectivity index (χ3v) is 11.2. The molecule has 0 spiro atoms. The molecule has 0 aliphatic heterocycles. The monoisotopic (exact) mass is 524 g/mol. The molecule has 0 heterocycles. The first-order chi connectivity index (χ1) is 9.34. The molecule has 0 aromatic heterocycles. The zero-order valence-corrected chi connectivity index (χ0v) is 16.3. The van der Waals surface area contributed by atoms with Crippen LogP contribution in [-0.4, -0.2) is 20.2 Å². The van der Waals surface area contributed by atoms with E-state index in [4.69, 9.17) is 0 Å². The Hall–Kier alpha value is 0.480. The Labute approximate surface area is 149 Å². The molecule has 0 N–H and O–H groups in total. The maximum absolute atomic E-state index is 12.6.